The molecule has 0 saturated heterocycles. The Morgan fingerprint density at radius 3 is 1.90 bits per heavy atom. The maximum Gasteiger partial charge on any atom is 0.145 e. The van der Waals surface area contributed by atoms with Gasteiger partial charge < -0.3 is 18.0 Å². The van der Waals surface area contributed by atoms with Crippen LogP contribution in [0.4, 0.5) is 0 Å². The molecule has 0 radical (unpaired) electrons. The van der Waals surface area contributed by atoms with Crippen molar-refractivity contribution in [3.63, 3.8) is 0 Å². The molecule has 0 N–H and O–H groups in total. The van der Waals surface area contributed by atoms with Gasteiger partial charge in [-0.1, -0.05) is 78.9 Å². The van der Waals surface area contributed by atoms with Crippen molar-refractivity contribution in [2.24, 2.45) is 0 Å². The van der Waals surface area contributed by atoms with Crippen molar-refractivity contribution in [3.05, 3.63) is 151 Å². The highest BCUT2D eigenvalue weighted by atomic mass is 16.3. The van der Waals surface area contributed by atoms with Crippen LogP contribution >= 0.6 is 0 Å². The number of fused-ring (bicyclic) bond motifs is 15. The summed E-state index contributed by atoms with van der Waals surface area (Å²) in [6.45, 7) is 0. The van der Waals surface area contributed by atoms with E-state index in [2.05, 4.69) is 143 Å². The number of allylic oxidation sites excluding steroid dienone is 1. The second-order valence-corrected chi connectivity index (χ2v) is 13.5. The van der Waals surface area contributed by atoms with E-state index >= 15 is 0 Å². The molecule has 0 bridgehead atoms. The molecule has 4 nitrogen and oxygen atoms in total. The zero-order chi connectivity index (χ0) is 32.5. The van der Waals surface area contributed by atoms with Gasteiger partial charge in [-0.2, -0.15) is 0 Å². The second-order valence-electron chi connectivity index (χ2n) is 13.5. The summed E-state index contributed by atoms with van der Waals surface area (Å²) in [6, 6.07) is 48.0. The Bertz CT molecular complexity index is 3270. The van der Waals surface area contributed by atoms with Gasteiger partial charge in [0.25, 0.3) is 0 Å². The molecule has 0 fully saturated rings. The van der Waals surface area contributed by atoms with Crippen molar-refractivity contribution < 1.29 is 8.83 Å². The molecule has 4 aromatic heterocycles. The van der Waals surface area contributed by atoms with E-state index in [0.717, 1.165) is 89.7 Å². The Hall–Kier alpha value is -6.52. The van der Waals surface area contributed by atoms with Crippen molar-refractivity contribution in [1.29, 1.82) is 0 Å². The van der Waals surface area contributed by atoms with Gasteiger partial charge in [0.1, 0.15) is 22.3 Å². The summed E-state index contributed by atoms with van der Waals surface area (Å²) in [5.74, 6) is 0. The number of nitrogens with zero attached hydrogens (tertiary/aromatic N) is 2. The Kier molecular flexibility index (Phi) is 5.05. The summed E-state index contributed by atoms with van der Waals surface area (Å²) in [5, 5.41) is 9.16. The van der Waals surface area contributed by atoms with Gasteiger partial charge in [-0.3, -0.25) is 0 Å². The molecule has 4 heterocycles. The normalized spacial score (nSPS) is 13.4. The second kappa shape index (κ2) is 9.55. The van der Waals surface area contributed by atoms with Gasteiger partial charge in [-0.25, -0.2) is 0 Å². The number of rotatable bonds is 2. The number of para-hydroxylation sites is 3. The zero-order valence-electron chi connectivity index (χ0n) is 27.0. The van der Waals surface area contributed by atoms with Gasteiger partial charge in [0.15, 0.2) is 0 Å². The Morgan fingerprint density at radius 2 is 1.12 bits per heavy atom. The van der Waals surface area contributed by atoms with E-state index in [4.69, 9.17) is 8.83 Å². The van der Waals surface area contributed by atoms with E-state index in [-0.39, 0.29) is 0 Å². The fourth-order valence-electron chi connectivity index (χ4n) is 8.83. The Morgan fingerprint density at radius 1 is 0.460 bits per heavy atom. The number of hydrogen-bond acceptors (Lipinski definition) is 2. The van der Waals surface area contributed by atoms with Crippen LogP contribution in [0.25, 0.3) is 105 Å². The van der Waals surface area contributed by atoms with Crippen LogP contribution in [-0.2, 0) is 6.42 Å². The summed E-state index contributed by atoms with van der Waals surface area (Å²) in [6.07, 6.45) is 6.76. The molecular weight excluding hydrogens is 613 g/mol. The molecule has 50 heavy (non-hydrogen) atoms. The highest BCUT2D eigenvalue weighted by Crippen LogP contribution is 2.45. The fraction of sp³-hybridized carbons (Fsp3) is 0.0435. The lowest BCUT2D eigenvalue weighted by atomic mass is 9.96. The van der Waals surface area contributed by atoms with Crippen LogP contribution in [0, 0.1) is 0 Å². The SMILES string of the molecule is C1=Cc2c(cccc2-n2c3ccccc3c3c4oc5c(ccc6c5c5ccccc5n6-c5ccc6oc7ccccc7c6c5)c4ccc32)CC1. The van der Waals surface area contributed by atoms with Crippen molar-refractivity contribution in [2.45, 2.75) is 12.8 Å². The molecule has 0 amide bonds. The quantitative estimate of drug-likeness (QED) is 0.188. The van der Waals surface area contributed by atoms with Gasteiger partial charge in [0, 0.05) is 43.6 Å². The molecule has 7 aromatic carbocycles. The summed E-state index contributed by atoms with van der Waals surface area (Å²) < 4.78 is 18.2. The van der Waals surface area contributed by atoms with E-state index in [0.29, 0.717) is 0 Å². The molecule has 0 spiro atoms. The minimum atomic E-state index is 0.894. The molecule has 11 aromatic rings. The highest BCUT2D eigenvalue weighted by Gasteiger charge is 2.23. The van der Waals surface area contributed by atoms with E-state index in [1.54, 1.807) is 0 Å². The molecule has 1 aliphatic rings. The molecule has 0 saturated carbocycles. The van der Waals surface area contributed by atoms with Crippen LogP contribution in [0.15, 0.2) is 148 Å². The molecule has 0 unspecified atom stereocenters. The van der Waals surface area contributed by atoms with Crippen molar-refractivity contribution in [2.75, 3.05) is 0 Å². The molecule has 4 heteroatoms. The Labute approximate surface area is 285 Å². The van der Waals surface area contributed by atoms with Crippen molar-refractivity contribution >= 4 is 93.6 Å². The standard InChI is InChI=1S/C46H28N2O2/c1-2-12-29-27(10-1)11-9-18-36(29)48-38-17-7-4-15-34(38)44-40(48)24-22-32-31-21-23-39-43(45(31)50-46(32)44)33-14-3-6-16-37(33)47(39)28-20-25-42-35(26-28)30-13-5-8-19-41(30)49-42/h2-9,11-26H,1,10H2. The van der Waals surface area contributed by atoms with Crippen LogP contribution < -0.4 is 0 Å². The van der Waals surface area contributed by atoms with E-state index in [1.807, 2.05) is 12.1 Å². The number of benzene rings is 7. The first kappa shape index (κ1) is 26.4. The number of furan rings is 2. The fourth-order valence-corrected chi connectivity index (χ4v) is 8.83. The van der Waals surface area contributed by atoms with Crippen LogP contribution in [0.1, 0.15) is 17.5 Å². The highest BCUT2D eigenvalue weighted by molar-refractivity contribution is 6.29. The van der Waals surface area contributed by atoms with Crippen LogP contribution in [0.3, 0.4) is 0 Å². The molecule has 12 rings (SSSR count). The van der Waals surface area contributed by atoms with E-state index < -0.39 is 0 Å². The lowest BCUT2D eigenvalue weighted by Crippen LogP contribution is -2.02. The largest absolute Gasteiger partial charge is 0.456 e. The average molecular weight is 641 g/mol. The summed E-state index contributed by atoms with van der Waals surface area (Å²) in [5.41, 5.74) is 13.3. The molecular formula is C46H28N2O2. The summed E-state index contributed by atoms with van der Waals surface area (Å²) in [4.78, 5) is 0. The topological polar surface area (TPSA) is 36.1 Å². The van der Waals surface area contributed by atoms with Crippen LogP contribution in [0.5, 0.6) is 0 Å². The van der Waals surface area contributed by atoms with Crippen molar-refractivity contribution in [3.8, 4) is 11.4 Å². The van der Waals surface area contributed by atoms with Gasteiger partial charge in [-0.05, 0) is 85.1 Å². The van der Waals surface area contributed by atoms with Crippen molar-refractivity contribution in [1.82, 2.24) is 9.13 Å². The third-order valence-corrected chi connectivity index (χ3v) is 11.0. The summed E-state index contributed by atoms with van der Waals surface area (Å²) in [7, 11) is 0. The van der Waals surface area contributed by atoms with E-state index in [1.165, 1.54) is 33.1 Å². The zero-order valence-corrected chi connectivity index (χ0v) is 27.0. The predicted molar refractivity (Wildman–Crippen MR) is 207 cm³/mol. The first-order valence-electron chi connectivity index (χ1n) is 17.3. The molecule has 0 aliphatic heterocycles. The van der Waals surface area contributed by atoms with Gasteiger partial charge in [0.2, 0.25) is 0 Å². The maximum absolute atomic E-state index is 7.17. The molecule has 234 valence electrons. The molecule has 1 aliphatic carbocycles. The lowest BCUT2D eigenvalue weighted by molar-refractivity contribution is 0.669. The lowest BCUT2D eigenvalue weighted by Gasteiger charge is -2.17. The minimum Gasteiger partial charge on any atom is -0.456 e. The predicted octanol–water partition coefficient (Wildman–Crippen LogP) is 12.6. The van der Waals surface area contributed by atoms with Gasteiger partial charge >= 0.3 is 0 Å². The van der Waals surface area contributed by atoms with Gasteiger partial charge in [-0.15, -0.1) is 0 Å². The maximum atomic E-state index is 7.17. The number of hydrogen-bond donors (Lipinski definition) is 0. The third-order valence-electron chi connectivity index (χ3n) is 11.0. The summed E-state index contributed by atoms with van der Waals surface area (Å²) >= 11 is 0. The third kappa shape index (κ3) is 3.35. The Balaban J connectivity index is 1.18. The monoisotopic (exact) mass is 640 g/mol. The van der Waals surface area contributed by atoms with Crippen LogP contribution in [-0.4, -0.2) is 9.13 Å². The first-order chi connectivity index (χ1) is 24.8. The smallest absolute Gasteiger partial charge is 0.145 e. The minimum absolute atomic E-state index is 0.894. The average Bonchev–Trinajstić information content (AvgIpc) is 3.91. The van der Waals surface area contributed by atoms with Crippen LogP contribution in [0.2, 0.25) is 0 Å². The molecule has 0 atom stereocenters. The van der Waals surface area contributed by atoms with Gasteiger partial charge in [0.05, 0.1) is 38.5 Å². The first-order valence-corrected chi connectivity index (χ1v) is 17.3. The number of aryl methyl sites for hydroxylation is 1. The number of aromatic nitrogens is 2. The van der Waals surface area contributed by atoms with E-state index in [9.17, 15) is 0 Å².